The fourth-order valence-corrected chi connectivity index (χ4v) is 3.81. The molecule has 0 aromatic rings. The molecule has 3 nitrogen and oxygen atoms in total. The van der Waals surface area contributed by atoms with Crippen LogP contribution in [-0.4, -0.2) is 53.6 Å². The highest BCUT2D eigenvalue weighted by molar-refractivity contribution is 4.96. The first-order valence-corrected chi connectivity index (χ1v) is 7.51. The van der Waals surface area contributed by atoms with Crippen LogP contribution in [0.15, 0.2) is 0 Å². The molecule has 2 N–H and O–H groups in total. The minimum atomic E-state index is 0.338. The third kappa shape index (κ3) is 2.51. The Morgan fingerprint density at radius 3 is 2.53 bits per heavy atom. The van der Waals surface area contributed by atoms with Crippen molar-refractivity contribution in [1.82, 2.24) is 9.80 Å². The first-order chi connectivity index (χ1) is 8.25. The van der Waals surface area contributed by atoms with Gasteiger partial charge in [0.2, 0.25) is 0 Å². The van der Waals surface area contributed by atoms with E-state index in [2.05, 4.69) is 16.7 Å². The molecule has 0 spiro atoms. The summed E-state index contributed by atoms with van der Waals surface area (Å²) >= 11 is 0. The molecule has 0 aromatic heterocycles. The van der Waals surface area contributed by atoms with Crippen LogP contribution in [0.2, 0.25) is 0 Å². The molecule has 3 atom stereocenters. The number of likely N-dealkylation sites (tertiary alicyclic amines) is 2. The molecule has 0 amide bonds. The van der Waals surface area contributed by atoms with Gasteiger partial charge < -0.3 is 5.73 Å². The molecular formula is C14H27N3. The van der Waals surface area contributed by atoms with Crippen molar-refractivity contribution in [2.45, 2.75) is 69.6 Å². The minimum Gasteiger partial charge on any atom is -0.327 e. The zero-order chi connectivity index (χ0) is 11.8. The normalized spacial score (nSPS) is 38.5. The quantitative estimate of drug-likeness (QED) is 0.806. The van der Waals surface area contributed by atoms with E-state index in [-0.39, 0.29) is 0 Å². The van der Waals surface area contributed by atoms with Gasteiger partial charge >= 0.3 is 0 Å². The third-order valence-electron chi connectivity index (χ3n) is 4.93. The zero-order valence-electron chi connectivity index (χ0n) is 11.1. The van der Waals surface area contributed by atoms with Crippen LogP contribution in [0.3, 0.4) is 0 Å². The average Bonchev–Trinajstić information content (AvgIpc) is 3.07. The fraction of sp³-hybridized carbons (Fsp3) is 1.00. The SMILES string of the molecule is CC(N)C1CCCCN1C1CCN(C2CC2)C1. The average molecular weight is 237 g/mol. The molecular weight excluding hydrogens is 210 g/mol. The van der Waals surface area contributed by atoms with Gasteiger partial charge in [0.1, 0.15) is 0 Å². The largest absolute Gasteiger partial charge is 0.327 e. The molecule has 2 aliphatic heterocycles. The van der Waals surface area contributed by atoms with Gasteiger partial charge in [-0.05, 0) is 45.6 Å². The Kier molecular flexibility index (Phi) is 3.42. The molecule has 3 heteroatoms. The van der Waals surface area contributed by atoms with Gasteiger partial charge in [-0.15, -0.1) is 0 Å². The monoisotopic (exact) mass is 237 g/mol. The van der Waals surface area contributed by atoms with E-state index in [0.29, 0.717) is 12.1 Å². The maximum absolute atomic E-state index is 6.18. The van der Waals surface area contributed by atoms with Crippen LogP contribution in [0.1, 0.15) is 45.4 Å². The Hall–Kier alpha value is -0.120. The molecule has 3 fully saturated rings. The van der Waals surface area contributed by atoms with Crippen molar-refractivity contribution in [3.05, 3.63) is 0 Å². The smallest absolute Gasteiger partial charge is 0.0247 e. The molecule has 1 aliphatic carbocycles. The summed E-state index contributed by atoms with van der Waals surface area (Å²) in [6.07, 6.45) is 8.34. The van der Waals surface area contributed by atoms with Crippen LogP contribution in [-0.2, 0) is 0 Å². The molecule has 98 valence electrons. The molecule has 0 bridgehead atoms. The second-order valence-corrected chi connectivity index (χ2v) is 6.33. The van der Waals surface area contributed by atoms with Crippen molar-refractivity contribution in [3.63, 3.8) is 0 Å². The molecule has 1 saturated carbocycles. The summed E-state index contributed by atoms with van der Waals surface area (Å²) in [5, 5.41) is 0. The second-order valence-electron chi connectivity index (χ2n) is 6.33. The lowest BCUT2D eigenvalue weighted by Crippen LogP contribution is -2.54. The van der Waals surface area contributed by atoms with Crippen molar-refractivity contribution >= 4 is 0 Å². The molecule has 17 heavy (non-hydrogen) atoms. The number of rotatable bonds is 3. The van der Waals surface area contributed by atoms with Crippen LogP contribution in [0, 0.1) is 0 Å². The van der Waals surface area contributed by atoms with Gasteiger partial charge in [-0.25, -0.2) is 0 Å². The van der Waals surface area contributed by atoms with E-state index in [1.165, 1.54) is 58.2 Å². The number of hydrogen-bond donors (Lipinski definition) is 1. The summed E-state index contributed by atoms with van der Waals surface area (Å²) in [7, 11) is 0. The molecule has 3 unspecified atom stereocenters. The number of nitrogens with two attached hydrogens (primary N) is 1. The molecule has 2 heterocycles. The van der Waals surface area contributed by atoms with E-state index >= 15 is 0 Å². The van der Waals surface area contributed by atoms with Gasteiger partial charge in [-0.1, -0.05) is 6.42 Å². The van der Waals surface area contributed by atoms with Crippen LogP contribution in [0.5, 0.6) is 0 Å². The van der Waals surface area contributed by atoms with Crippen LogP contribution < -0.4 is 5.73 Å². The predicted octanol–water partition coefficient (Wildman–Crippen LogP) is 1.42. The summed E-state index contributed by atoms with van der Waals surface area (Å²) in [6.45, 7) is 6.12. The molecule has 2 saturated heterocycles. The first kappa shape index (κ1) is 11.9. The summed E-state index contributed by atoms with van der Waals surface area (Å²) in [5.74, 6) is 0. The van der Waals surface area contributed by atoms with Crippen molar-refractivity contribution < 1.29 is 0 Å². The zero-order valence-corrected chi connectivity index (χ0v) is 11.1. The van der Waals surface area contributed by atoms with Crippen LogP contribution in [0.25, 0.3) is 0 Å². The van der Waals surface area contributed by atoms with E-state index in [0.717, 1.165) is 12.1 Å². The maximum Gasteiger partial charge on any atom is 0.0247 e. The van der Waals surface area contributed by atoms with Crippen molar-refractivity contribution in [2.24, 2.45) is 5.73 Å². The molecule has 3 aliphatic rings. The summed E-state index contributed by atoms with van der Waals surface area (Å²) < 4.78 is 0. The van der Waals surface area contributed by atoms with Gasteiger partial charge in [0.05, 0.1) is 0 Å². The lowest BCUT2D eigenvalue weighted by atomic mass is 9.95. The summed E-state index contributed by atoms with van der Waals surface area (Å²) in [4.78, 5) is 5.47. The van der Waals surface area contributed by atoms with Gasteiger partial charge in [0.15, 0.2) is 0 Å². The number of hydrogen-bond acceptors (Lipinski definition) is 3. The Morgan fingerprint density at radius 1 is 1.00 bits per heavy atom. The number of piperidine rings is 1. The van der Waals surface area contributed by atoms with Gasteiger partial charge in [-0.2, -0.15) is 0 Å². The van der Waals surface area contributed by atoms with E-state index in [1.54, 1.807) is 0 Å². The molecule has 0 aromatic carbocycles. The van der Waals surface area contributed by atoms with Crippen molar-refractivity contribution in [1.29, 1.82) is 0 Å². The predicted molar refractivity (Wildman–Crippen MR) is 71.0 cm³/mol. The van der Waals surface area contributed by atoms with Gasteiger partial charge in [0, 0.05) is 37.3 Å². The highest BCUT2D eigenvalue weighted by Gasteiger charge is 2.39. The Labute approximate surface area is 105 Å². The number of nitrogens with zero attached hydrogens (tertiary/aromatic N) is 2. The van der Waals surface area contributed by atoms with Crippen molar-refractivity contribution in [2.75, 3.05) is 19.6 Å². The van der Waals surface area contributed by atoms with Gasteiger partial charge in [0.25, 0.3) is 0 Å². The third-order valence-corrected chi connectivity index (χ3v) is 4.93. The maximum atomic E-state index is 6.18. The summed E-state index contributed by atoms with van der Waals surface area (Å²) in [6, 6.07) is 2.73. The highest BCUT2D eigenvalue weighted by Crippen LogP contribution is 2.33. The molecule has 3 rings (SSSR count). The van der Waals surface area contributed by atoms with E-state index < -0.39 is 0 Å². The fourth-order valence-electron chi connectivity index (χ4n) is 3.81. The van der Waals surface area contributed by atoms with Crippen LogP contribution in [0.4, 0.5) is 0 Å². The Morgan fingerprint density at radius 2 is 1.82 bits per heavy atom. The van der Waals surface area contributed by atoms with Gasteiger partial charge in [-0.3, -0.25) is 9.80 Å². The Balaban J connectivity index is 1.61. The topological polar surface area (TPSA) is 32.5 Å². The van der Waals surface area contributed by atoms with E-state index in [1.807, 2.05) is 0 Å². The lowest BCUT2D eigenvalue weighted by molar-refractivity contribution is 0.0832. The van der Waals surface area contributed by atoms with E-state index in [4.69, 9.17) is 5.73 Å². The van der Waals surface area contributed by atoms with Crippen molar-refractivity contribution in [3.8, 4) is 0 Å². The standard InChI is InChI=1S/C14H27N3/c1-11(15)14-4-2-3-8-17(14)13-7-9-16(10-13)12-5-6-12/h11-14H,2-10,15H2,1H3. The summed E-state index contributed by atoms with van der Waals surface area (Å²) in [5.41, 5.74) is 6.18. The first-order valence-electron chi connectivity index (χ1n) is 7.51. The minimum absolute atomic E-state index is 0.338. The van der Waals surface area contributed by atoms with E-state index in [9.17, 15) is 0 Å². The van der Waals surface area contributed by atoms with Crippen LogP contribution >= 0.6 is 0 Å². The molecule has 0 radical (unpaired) electrons. The highest BCUT2D eigenvalue weighted by atomic mass is 15.3. The Bertz CT molecular complexity index is 262. The second kappa shape index (κ2) is 4.87. The lowest BCUT2D eigenvalue weighted by Gasteiger charge is -2.42.